The van der Waals surface area contributed by atoms with Crippen molar-refractivity contribution in [3.05, 3.63) is 46.6 Å². The minimum Gasteiger partial charge on any atom is -0.350 e. The molecule has 1 aromatic rings. The van der Waals surface area contributed by atoms with Crippen LogP contribution < -0.4 is 10.6 Å². The molecule has 2 aliphatic rings. The first-order valence-electron chi connectivity index (χ1n) is 11.9. The molecule has 2 fully saturated rings. The number of carbonyl (C=O) groups is 1. The average molecular weight is 587 g/mol. The van der Waals surface area contributed by atoms with Crippen molar-refractivity contribution in [1.82, 2.24) is 14.5 Å². The summed E-state index contributed by atoms with van der Waals surface area (Å²) in [6.07, 6.45) is -2.81. The van der Waals surface area contributed by atoms with Gasteiger partial charge in [0.25, 0.3) is 15.9 Å². The van der Waals surface area contributed by atoms with Gasteiger partial charge in [-0.3, -0.25) is 15.1 Å². The topological polar surface area (TPSA) is 110 Å². The van der Waals surface area contributed by atoms with Crippen LogP contribution in [0.15, 0.2) is 30.5 Å². The smallest absolute Gasteiger partial charge is 0.350 e. The molecule has 3 rings (SSSR count). The Kier molecular flexibility index (Phi) is 9.24. The quantitative estimate of drug-likeness (QED) is 0.259. The molecule has 0 radical (unpaired) electrons. The second kappa shape index (κ2) is 11.5. The van der Waals surface area contributed by atoms with Crippen LogP contribution in [0.25, 0.3) is 0 Å². The fourth-order valence-corrected chi connectivity index (χ4v) is 6.15. The van der Waals surface area contributed by atoms with E-state index in [0.29, 0.717) is 6.07 Å². The molecule has 1 heterocycles. The molecule has 8 nitrogen and oxygen atoms in total. The molecule has 0 bridgehead atoms. The van der Waals surface area contributed by atoms with Crippen molar-refractivity contribution in [2.45, 2.75) is 43.3 Å². The summed E-state index contributed by atoms with van der Waals surface area (Å²) in [6.45, 7) is 0.380. The van der Waals surface area contributed by atoms with Crippen LogP contribution in [0.3, 0.4) is 0 Å². The number of sulfonamides is 1. The Morgan fingerprint density at radius 1 is 1.16 bits per heavy atom. The summed E-state index contributed by atoms with van der Waals surface area (Å²) in [7, 11) is -2.32. The molecule has 1 saturated carbocycles. The average Bonchev–Trinajstić information content (AvgIpc) is 2.86. The zero-order valence-corrected chi connectivity index (χ0v) is 22.2. The molecule has 0 atom stereocenters. The van der Waals surface area contributed by atoms with Crippen LogP contribution in [0.4, 0.5) is 22.0 Å². The van der Waals surface area contributed by atoms with E-state index in [1.165, 1.54) is 12.3 Å². The summed E-state index contributed by atoms with van der Waals surface area (Å²) in [4.78, 5) is 14.7. The number of hydrogen-bond donors (Lipinski definition) is 3. The molecule has 0 unspecified atom stereocenters. The fourth-order valence-electron chi connectivity index (χ4n) is 4.71. The van der Waals surface area contributed by atoms with Crippen LogP contribution in [0.2, 0.25) is 5.02 Å². The van der Waals surface area contributed by atoms with Crippen molar-refractivity contribution in [3.63, 3.8) is 0 Å². The summed E-state index contributed by atoms with van der Waals surface area (Å²) in [6, 6.07) is 2.35. The number of carbonyl (C=O) groups excluding carboxylic acids is 1. The molecule has 0 spiro atoms. The van der Waals surface area contributed by atoms with Crippen molar-refractivity contribution in [1.29, 1.82) is 5.41 Å². The summed E-state index contributed by atoms with van der Waals surface area (Å²) < 4.78 is 93.4. The molecule has 15 heteroatoms. The Labute approximate surface area is 222 Å². The van der Waals surface area contributed by atoms with E-state index in [1.807, 2.05) is 4.90 Å². The van der Waals surface area contributed by atoms with E-state index in [9.17, 15) is 35.2 Å². The first-order valence-corrected chi connectivity index (χ1v) is 13.8. The van der Waals surface area contributed by atoms with E-state index in [2.05, 4.69) is 5.32 Å². The Morgan fingerprint density at radius 3 is 2.29 bits per heavy atom. The van der Waals surface area contributed by atoms with E-state index < -0.39 is 62.0 Å². The molecule has 0 aromatic heterocycles. The lowest BCUT2D eigenvalue weighted by Crippen LogP contribution is -2.72. The number of piperazine rings is 1. The van der Waals surface area contributed by atoms with Gasteiger partial charge in [-0.1, -0.05) is 11.6 Å². The second-order valence-corrected chi connectivity index (χ2v) is 11.7. The summed E-state index contributed by atoms with van der Waals surface area (Å²) in [5.74, 6) is -3.61. The lowest BCUT2D eigenvalue weighted by Gasteiger charge is -2.50. The van der Waals surface area contributed by atoms with Gasteiger partial charge in [-0.2, -0.15) is 17.5 Å². The van der Waals surface area contributed by atoms with Gasteiger partial charge in [-0.15, -0.1) is 0 Å². The fraction of sp³-hybridized carbons (Fsp3) is 0.565. The number of nitrogens with one attached hydrogen (secondary N) is 2. The van der Waals surface area contributed by atoms with Gasteiger partial charge in [0.2, 0.25) is 5.92 Å². The van der Waals surface area contributed by atoms with Gasteiger partial charge < -0.3 is 10.6 Å². The zero-order chi connectivity index (χ0) is 28.4. The highest BCUT2D eigenvalue weighted by atomic mass is 35.5. The van der Waals surface area contributed by atoms with Crippen molar-refractivity contribution >= 4 is 32.6 Å². The van der Waals surface area contributed by atoms with Gasteiger partial charge in [0.1, 0.15) is 0 Å². The van der Waals surface area contributed by atoms with E-state index in [1.54, 1.807) is 12.4 Å². The molecule has 1 amide bonds. The maximum absolute atomic E-state index is 14.0. The highest BCUT2D eigenvalue weighted by Crippen LogP contribution is 2.42. The van der Waals surface area contributed by atoms with E-state index in [-0.39, 0.29) is 51.1 Å². The van der Waals surface area contributed by atoms with Crippen molar-refractivity contribution in [2.75, 3.05) is 39.8 Å². The molecule has 1 aromatic carbocycles. The number of hydrogen-bond acceptors (Lipinski definition) is 5. The van der Waals surface area contributed by atoms with Crippen molar-refractivity contribution in [2.24, 2.45) is 0 Å². The highest BCUT2D eigenvalue weighted by Gasteiger charge is 2.48. The molecule has 212 valence electrons. The predicted octanol–water partition coefficient (Wildman–Crippen LogP) is 2.67. The monoisotopic (exact) mass is 586 g/mol. The largest absolute Gasteiger partial charge is 0.416 e. The molecule has 1 saturated heterocycles. The number of halogens is 6. The Bertz CT molecular complexity index is 1170. The van der Waals surface area contributed by atoms with Gasteiger partial charge in [0.05, 0.1) is 29.4 Å². The normalized spacial score (nSPS) is 20.9. The third kappa shape index (κ3) is 6.89. The number of nitrogens with two attached hydrogens (primary N) is 1. The SMILES string of the molecule is C[NH2+]/C=C\C(=N)S(=O)(=O)N1CCN(C2(CNC(=O)c3ccc(C(F)(F)F)cc3Cl)CCC(F)(F)CC2)CC1. The Morgan fingerprint density at radius 2 is 1.76 bits per heavy atom. The van der Waals surface area contributed by atoms with E-state index >= 15 is 0 Å². The maximum atomic E-state index is 14.0. The molecular weight excluding hydrogens is 557 g/mol. The van der Waals surface area contributed by atoms with Gasteiger partial charge in [-0.05, 0) is 31.0 Å². The molecule has 38 heavy (non-hydrogen) atoms. The van der Waals surface area contributed by atoms with E-state index in [0.717, 1.165) is 16.4 Å². The van der Waals surface area contributed by atoms with Gasteiger partial charge in [0, 0.05) is 57.2 Å². The Hall–Kier alpha value is -2.13. The third-order valence-electron chi connectivity index (χ3n) is 7.00. The first-order chi connectivity index (χ1) is 17.6. The first kappa shape index (κ1) is 30.4. The molecule has 1 aliphatic carbocycles. The number of nitrogens with zero attached hydrogens (tertiary/aromatic N) is 2. The van der Waals surface area contributed by atoms with Gasteiger partial charge in [0.15, 0.2) is 5.04 Å². The molecule has 1 aliphatic heterocycles. The van der Waals surface area contributed by atoms with Crippen LogP contribution in [0.1, 0.15) is 41.6 Å². The van der Waals surface area contributed by atoms with E-state index in [4.69, 9.17) is 17.0 Å². The number of amides is 1. The third-order valence-corrected chi connectivity index (χ3v) is 9.05. The zero-order valence-electron chi connectivity index (χ0n) is 20.6. The molecule has 4 N–H and O–H groups in total. The predicted molar refractivity (Wildman–Crippen MR) is 132 cm³/mol. The van der Waals surface area contributed by atoms with Crippen LogP contribution in [0, 0.1) is 5.41 Å². The second-order valence-electron chi connectivity index (χ2n) is 9.40. The van der Waals surface area contributed by atoms with Crippen molar-refractivity contribution in [3.8, 4) is 0 Å². The minimum atomic E-state index is -4.63. The standard InChI is InChI=1S/C23H29ClF5N5O3S/c1-31-9-4-19(30)38(36,37)34-12-10-33(11-13-34)21(5-7-22(25,26)8-6-21)15-32-20(35)17-3-2-16(14-18(17)24)23(27,28)29/h2-4,9,14,30-31H,5-8,10-13,15H2,1H3,(H,32,35)/p+1/b9-4-,30-19?. The lowest BCUT2D eigenvalue weighted by atomic mass is 9.78. The summed E-state index contributed by atoms with van der Waals surface area (Å²) in [5, 5.41) is 11.2. The number of quaternary nitrogens is 1. The molecular formula is C23H30ClF5N5O3S+. The Balaban J connectivity index is 1.74. The van der Waals surface area contributed by atoms with Crippen LogP contribution in [-0.2, 0) is 16.2 Å². The summed E-state index contributed by atoms with van der Waals surface area (Å²) in [5.41, 5.74) is -2.09. The van der Waals surface area contributed by atoms with Gasteiger partial charge >= 0.3 is 6.18 Å². The van der Waals surface area contributed by atoms with Crippen LogP contribution in [-0.4, -0.2) is 79.8 Å². The summed E-state index contributed by atoms with van der Waals surface area (Å²) >= 11 is 5.93. The number of alkyl halides is 5. The highest BCUT2D eigenvalue weighted by molar-refractivity contribution is 8.04. The van der Waals surface area contributed by atoms with Crippen molar-refractivity contribution < 1.29 is 40.5 Å². The van der Waals surface area contributed by atoms with Crippen LogP contribution >= 0.6 is 11.6 Å². The maximum Gasteiger partial charge on any atom is 0.416 e. The lowest BCUT2D eigenvalue weighted by molar-refractivity contribution is -0.556. The number of benzene rings is 1. The van der Waals surface area contributed by atoms with Gasteiger partial charge in [-0.25, -0.2) is 17.2 Å². The minimum absolute atomic E-state index is 0.0265. The number of rotatable bonds is 7. The van der Waals surface area contributed by atoms with Crippen LogP contribution in [0.5, 0.6) is 0 Å².